The zero-order chi connectivity index (χ0) is 12.2. The van der Waals surface area contributed by atoms with Crippen molar-refractivity contribution in [1.82, 2.24) is 0 Å². The number of halogens is 2. The topological polar surface area (TPSA) is 0 Å². The Kier molecular flexibility index (Phi) is 3.60. The molecule has 0 nitrogen and oxygen atoms in total. The van der Waals surface area contributed by atoms with Gasteiger partial charge in [0, 0.05) is 3.92 Å². The van der Waals surface area contributed by atoms with Crippen LogP contribution in [-0.4, -0.2) is 3.92 Å². The van der Waals surface area contributed by atoms with E-state index in [4.69, 9.17) is 0 Å². The zero-order valence-corrected chi connectivity index (χ0v) is 15.1. The Morgan fingerprint density at radius 3 is 2.71 bits per heavy atom. The van der Waals surface area contributed by atoms with Gasteiger partial charge in [0.2, 0.25) is 0 Å². The molecule has 3 aliphatic rings. The fourth-order valence-electron chi connectivity index (χ4n) is 4.95. The summed E-state index contributed by atoms with van der Waals surface area (Å²) in [7, 11) is 0. The van der Waals surface area contributed by atoms with E-state index in [-0.39, 0.29) is 0 Å². The summed E-state index contributed by atoms with van der Waals surface area (Å²) in [4.78, 5) is 0. The molecule has 0 aliphatic heterocycles. The standard InChI is InChI=1S/C15H22I2/c1-15(2)13-7-9(16)3-5-11(13)12-6-4-10(17)8-14(12)15/h3,10-14H,4-8H2,1-2H3/t10-,11?,12?,13?,14?/m0/s1. The van der Waals surface area contributed by atoms with Gasteiger partial charge in [-0.1, -0.05) is 42.5 Å². The molecule has 0 bridgehead atoms. The molecule has 2 fully saturated rings. The molecule has 0 spiro atoms. The summed E-state index contributed by atoms with van der Waals surface area (Å²) in [6, 6.07) is 0. The maximum atomic E-state index is 2.69. The van der Waals surface area contributed by atoms with Crippen LogP contribution >= 0.6 is 45.2 Å². The molecule has 0 N–H and O–H groups in total. The minimum atomic E-state index is 0.587. The van der Waals surface area contributed by atoms with E-state index in [2.05, 4.69) is 65.1 Å². The van der Waals surface area contributed by atoms with Crippen LogP contribution in [0.15, 0.2) is 9.66 Å². The monoisotopic (exact) mass is 456 g/mol. The molecule has 0 aromatic rings. The van der Waals surface area contributed by atoms with Gasteiger partial charge in [-0.3, -0.25) is 0 Å². The van der Waals surface area contributed by atoms with Gasteiger partial charge in [0.1, 0.15) is 0 Å². The first kappa shape index (κ1) is 13.2. The Hall–Kier alpha value is 1.20. The van der Waals surface area contributed by atoms with Crippen molar-refractivity contribution < 1.29 is 0 Å². The van der Waals surface area contributed by atoms with E-state index in [1.54, 1.807) is 3.58 Å². The van der Waals surface area contributed by atoms with Gasteiger partial charge >= 0.3 is 0 Å². The molecule has 3 rings (SSSR count). The third-order valence-electron chi connectivity index (χ3n) is 5.84. The quantitative estimate of drug-likeness (QED) is 0.330. The van der Waals surface area contributed by atoms with Gasteiger partial charge in [-0.05, 0) is 87.4 Å². The van der Waals surface area contributed by atoms with Crippen LogP contribution in [0.25, 0.3) is 0 Å². The molecule has 3 aliphatic carbocycles. The molecule has 2 heteroatoms. The SMILES string of the molecule is CC1(C)C2CC(I)=CCC2C2CC[C@H](I)CC21. The van der Waals surface area contributed by atoms with Crippen LogP contribution in [0.4, 0.5) is 0 Å². The Morgan fingerprint density at radius 1 is 1.18 bits per heavy atom. The second kappa shape index (κ2) is 4.64. The van der Waals surface area contributed by atoms with E-state index in [0.717, 1.165) is 27.6 Å². The largest absolute Gasteiger partial charge is 0.0826 e. The predicted molar refractivity (Wildman–Crippen MR) is 90.7 cm³/mol. The van der Waals surface area contributed by atoms with Crippen molar-refractivity contribution in [2.24, 2.45) is 29.1 Å². The summed E-state index contributed by atoms with van der Waals surface area (Å²) in [6.45, 7) is 5.14. The number of alkyl halides is 1. The van der Waals surface area contributed by atoms with Crippen LogP contribution < -0.4 is 0 Å². The highest BCUT2D eigenvalue weighted by atomic mass is 127. The highest BCUT2D eigenvalue weighted by Gasteiger charge is 2.56. The molecule has 17 heavy (non-hydrogen) atoms. The highest BCUT2D eigenvalue weighted by Crippen LogP contribution is 2.63. The van der Waals surface area contributed by atoms with E-state index >= 15 is 0 Å². The van der Waals surface area contributed by atoms with E-state index in [0.29, 0.717) is 5.41 Å². The van der Waals surface area contributed by atoms with Gasteiger partial charge in [-0.15, -0.1) is 0 Å². The smallest absolute Gasteiger partial charge is 0.0113 e. The van der Waals surface area contributed by atoms with E-state index in [1.165, 1.54) is 32.1 Å². The van der Waals surface area contributed by atoms with Gasteiger partial charge < -0.3 is 0 Å². The third kappa shape index (κ3) is 2.13. The first-order valence-corrected chi connectivity index (χ1v) is 9.31. The Bertz CT molecular complexity index is 345. The van der Waals surface area contributed by atoms with Gasteiger partial charge in [0.25, 0.3) is 0 Å². The van der Waals surface area contributed by atoms with Gasteiger partial charge in [0.05, 0.1) is 0 Å². The lowest BCUT2D eigenvalue weighted by atomic mass is 9.69. The summed E-state index contributed by atoms with van der Waals surface area (Å²) < 4.78 is 2.57. The number of hydrogen-bond donors (Lipinski definition) is 0. The fraction of sp³-hybridized carbons (Fsp3) is 0.867. The molecular weight excluding hydrogens is 434 g/mol. The number of allylic oxidation sites excluding steroid dienone is 2. The molecule has 0 aromatic carbocycles. The van der Waals surface area contributed by atoms with Crippen molar-refractivity contribution in [1.29, 1.82) is 0 Å². The first-order valence-electron chi connectivity index (χ1n) is 6.98. The lowest BCUT2D eigenvalue weighted by Crippen LogP contribution is -2.31. The predicted octanol–water partition coefficient (Wildman–Crippen LogP) is 5.59. The molecule has 0 radical (unpaired) electrons. The van der Waals surface area contributed by atoms with Crippen molar-refractivity contribution in [3.8, 4) is 0 Å². The van der Waals surface area contributed by atoms with Gasteiger partial charge in [-0.2, -0.15) is 0 Å². The molecule has 5 atom stereocenters. The average molecular weight is 456 g/mol. The molecule has 2 saturated carbocycles. The zero-order valence-electron chi connectivity index (χ0n) is 10.8. The minimum Gasteiger partial charge on any atom is -0.0826 e. The van der Waals surface area contributed by atoms with Crippen LogP contribution in [0.1, 0.15) is 46.0 Å². The van der Waals surface area contributed by atoms with Crippen molar-refractivity contribution in [2.45, 2.75) is 49.9 Å². The van der Waals surface area contributed by atoms with E-state index in [1.807, 2.05) is 0 Å². The summed E-state index contributed by atoms with van der Waals surface area (Å²) in [6.07, 6.45) is 9.74. The second-order valence-electron chi connectivity index (χ2n) is 6.86. The molecule has 0 aromatic heterocycles. The number of hydrogen-bond acceptors (Lipinski definition) is 0. The summed E-state index contributed by atoms with van der Waals surface area (Å²) in [5.74, 6) is 4.03. The molecular formula is C15H22I2. The molecule has 4 unspecified atom stereocenters. The summed E-state index contributed by atoms with van der Waals surface area (Å²) in [5.41, 5.74) is 0.587. The molecule has 0 saturated heterocycles. The maximum absolute atomic E-state index is 2.69. The Labute approximate surface area is 133 Å². The van der Waals surface area contributed by atoms with Gasteiger partial charge in [0.15, 0.2) is 0 Å². The summed E-state index contributed by atoms with van der Waals surface area (Å²) in [5, 5.41) is 0. The van der Waals surface area contributed by atoms with Crippen LogP contribution in [0, 0.1) is 29.1 Å². The van der Waals surface area contributed by atoms with Crippen molar-refractivity contribution in [2.75, 3.05) is 0 Å². The lowest BCUT2D eigenvalue weighted by Gasteiger charge is -2.38. The fourth-order valence-corrected chi connectivity index (χ4v) is 6.58. The van der Waals surface area contributed by atoms with Crippen LogP contribution in [0.5, 0.6) is 0 Å². The van der Waals surface area contributed by atoms with Crippen LogP contribution in [0.3, 0.4) is 0 Å². The molecule has 0 heterocycles. The Morgan fingerprint density at radius 2 is 1.94 bits per heavy atom. The van der Waals surface area contributed by atoms with E-state index < -0.39 is 0 Å². The number of rotatable bonds is 0. The molecule has 0 amide bonds. The number of fused-ring (bicyclic) bond motifs is 3. The third-order valence-corrected chi connectivity index (χ3v) is 7.86. The average Bonchev–Trinajstić information content (AvgIpc) is 2.49. The maximum Gasteiger partial charge on any atom is 0.0113 e. The first-order chi connectivity index (χ1) is 8.00. The second-order valence-corrected chi connectivity index (χ2v) is 10.0. The van der Waals surface area contributed by atoms with Crippen molar-refractivity contribution >= 4 is 45.2 Å². The Balaban J connectivity index is 1.91. The van der Waals surface area contributed by atoms with Crippen LogP contribution in [-0.2, 0) is 0 Å². The molecule has 96 valence electrons. The summed E-state index contributed by atoms with van der Waals surface area (Å²) >= 11 is 5.26. The normalized spacial score (nSPS) is 48.2. The van der Waals surface area contributed by atoms with Gasteiger partial charge in [-0.25, -0.2) is 0 Å². The van der Waals surface area contributed by atoms with Crippen molar-refractivity contribution in [3.05, 3.63) is 9.66 Å². The lowest BCUT2D eigenvalue weighted by molar-refractivity contribution is 0.140. The highest BCUT2D eigenvalue weighted by molar-refractivity contribution is 14.1. The van der Waals surface area contributed by atoms with Crippen molar-refractivity contribution in [3.63, 3.8) is 0 Å². The van der Waals surface area contributed by atoms with Crippen LogP contribution in [0.2, 0.25) is 0 Å². The minimum absolute atomic E-state index is 0.587. The van der Waals surface area contributed by atoms with E-state index in [9.17, 15) is 0 Å².